The topological polar surface area (TPSA) is 46.5 Å². The molecule has 1 rings (SSSR count). The summed E-state index contributed by atoms with van der Waals surface area (Å²) in [5.41, 5.74) is 0.726. The predicted molar refractivity (Wildman–Crippen MR) is 54.6 cm³/mol. The molecule has 0 heterocycles. The molecule has 0 atom stereocenters. The number of hydrogen-bond donors (Lipinski definition) is 0. The van der Waals surface area contributed by atoms with Crippen molar-refractivity contribution in [3.8, 4) is 0 Å². The highest BCUT2D eigenvalue weighted by Crippen LogP contribution is 2.26. The molecule has 0 amide bonds. The molecule has 0 N–H and O–H groups in total. The molecular formula is C7H3BrClNO2S. The van der Waals surface area contributed by atoms with Crippen molar-refractivity contribution >= 4 is 49.9 Å². The fourth-order valence-electron chi connectivity index (χ4n) is 0.745. The number of carbonyl (C=O) groups is 1. The molecule has 1 aromatic carbocycles. The summed E-state index contributed by atoms with van der Waals surface area (Å²) in [4.78, 5) is 10.7. The first kappa shape index (κ1) is 10.6. The first-order chi connectivity index (χ1) is 6.15. The van der Waals surface area contributed by atoms with E-state index in [-0.39, 0.29) is 11.5 Å². The van der Waals surface area contributed by atoms with Crippen molar-refractivity contribution in [2.45, 2.75) is 0 Å². The zero-order chi connectivity index (χ0) is 9.84. The third-order valence-corrected chi connectivity index (χ3v) is 2.47. The summed E-state index contributed by atoms with van der Waals surface area (Å²) < 4.78 is 14.3. The summed E-state index contributed by atoms with van der Waals surface area (Å²) in [5, 5.41) is -0.570. The average Bonchev–Trinajstić information content (AvgIpc) is 2.08. The first-order valence-electron chi connectivity index (χ1n) is 3.14. The molecule has 0 aromatic heterocycles. The lowest BCUT2D eigenvalue weighted by Gasteiger charge is -1.97. The smallest absolute Gasteiger partial charge is 0.252 e. The number of benzene rings is 1. The Morgan fingerprint density at radius 2 is 2.23 bits per heavy atom. The molecule has 3 nitrogen and oxygen atoms in total. The second-order valence-electron chi connectivity index (χ2n) is 2.11. The van der Waals surface area contributed by atoms with Crippen LogP contribution >= 0.6 is 27.5 Å². The maximum absolute atomic E-state index is 10.7. The van der Waals surface area contributed by atoms with Gasteiger partial charge in [-0.05, 0) is 45.7 Å². The average molecular weight is 281 g/mol. The monoisotopic (exact) mass is 279 g/mol. The van der Waals surface area contributed by atoms with Gasteiger partial charge < -0.3 is 0 Å². The fourth-order valence-corrected chi connectivity index (χ4v) is 1.55. The van der Waals surface area contributed by atoms with Crippen LogP contribution in [-0.4, -0.2) is 9.45 Å². The Kier molecular flexibility index (Phi) is 3.77. The third-order valence-electron chi connectivity index (χ3n) is 1.31. The Labute approximate surface area is 91.5 Å². The second-order valence-corrected chi connectivity index (χ2v) is 3.63. The van der Waals surface area contributed by atoms with Gasteiger partial charge >= 0.3 is 0 Å². The van der Waals surface area contributed by atoms with E-state index in [0.717, 1.165) is 0 Å². The molecule has 0 aliphatic heterocycles. The molecule has 0 radical (unpaired) electrons. The van der Waals surface area contributed by atoms with Crippen LogP contribution in [0.4, 0.5) is 5.69 Å². The maximum Gasteiger partial charge on any atom is 0.252 e. The number of carbonyl (C=O) groups excluding carboxylic acids is 1. The lowest BCUT2D eigenvalue weighted by molar-refractivity contribution is 0.108. The van der Waals surface area contributed by atoms with Crippen molar-refractivity contribution in [2.75, 3.05) is 0 Å². The van der Waals surface area contributed by atoms with E-state index in [0.29, 0.717) is 15.7 Å². The number of hydrogen-bond acceptors (Lipinski definition) is 3. The number of halogens is 2. The number of rotatable bonds is 2. The minimum absolute atomic E-state index is 0.0799. The Morgan fingerprint density at radius 1 is 1.54 bits per heavy atom. The molecule has 0 unspecified atom stereocenters. The minimum Gasteiger partial charge on any atom is -0.276 e. The molecule has 0 fully saturated rings. The second kappa shape index (κ2) is 4.64. The van der Waals surface area contributed by atoms with Crippen LogP contribution < -0.4 is 0 Å². The summed E-state index contributed by atoms with van der Waals surface area (Å²) >= 11 is 8.51. The van der Waals surface area contributed by atoms with Crippen molar-refractivity contribution in [3.05, 3.63) is 28.2 Å². The standard InChI is InChI=1S/C7H3BrClNO2S/c8-5-2-1-4(7(9)11)3-6(5)10-13-12/h1-3H. The van der Waals surface area contributed by atoms with Gasteiger partial charge in [0.15, 0.2) is 0 Å². The van der Waals surface area contributed by atoms with E-state index in [1.165, 1.54) is 6.07 Å². The lowest BCUT2D eigenvalue weighted by atomic mass is 10.2. The van der Waals surface area contributed by atoms with Crippen LogP contribution in [0.2, 0.25) is 0 Å². The Morgan fingerprint density at radius 3 is 2.77 bits per heavy atom. The van der Waals surface area contributed by atoms with Crippen molar-refractivity contribution in [1.82, 2.24) is 0 Å². The van der Waals surface area contributed by atoms with Crippen molar-refractivity contribution < 1.29 is 9.00 Å². The van der Waals surface area contributed by atoms with E-state index >= 15 is 0 Å². The zero-order valence-electron chi connectivity index (χ0n) is 6.16. The quantitative estimate of drug-likeness (QED) is 0.782. The van der Waals surface area contributed by atoms with E-state index < -0.39 is 5.24 Å². The van der Waals surface area contributed by atoms with Crippen LogP contribution in [0.25, 0.3) is 0 Å². The van der Waals surface area contributed by atoms with Gasteiger partial charge in [-0.15, -0.1) is 0 Å². The molecule has 0 bridgehead atoms. The summed E-state index contributed by atoms with van der Waals surface area (Å²) in [6.07, 6.45) is 0. The fraction of sp³-hybridized carbons (Fsp3) is 0. The van der Waals surface area contributed by atoms with Gasteiger partial charge in [-0.25, -0.2) is 0 Å². The normalized spacial score (nSPS) is 9.38. The van der Waals surface area contributed by atoms with E-state index in [9.17, 15) is 9.00 Å². The molecule has 1 aromatic rings. The van der Waals surface area contributed by atoms with E-state index in [1.807, 2.05) is 0 Å². The van der Waals surface area contributed by atoms with Crippen LogP contribution in [0.5, 0.6) is 0 Å². The van der Waals surface area contributed by atoms with Crippen molar-refractivity contribution in [2.24, 2.45) is 4.36 Å². The predicted octanol–water partition coefficient (Wildman–Crippen LogP) is 2.86. The largest absolute Gasteiger partial charge is 0.276 e. The molecule has 0 spiro atoms. The van der Waals surface area contributed by atoms with Gasteiger partial charge in [-0.1, -0.05) is 0 Å². The zero-order valence-corrected chi connectivity index (χ0v) is 9.32. The summed E-state index contributed by atoms with van der Waals surface area (Å²) in [7, 11) is 0. The van der Waals surface area contributed by atoms with E-state index in [2.05, 4.69) is 20.3 Å². The molecule has 0 aliphatic rings. The Balaban J connectivity index is 3.26. The highest BCUT2D eigenvalue weighted by Gasteiger charge is 2.05. The van der Waals surface area contributed by atoms with Crippen LogP contribution in [0.1, 0.15) is 10.4 Å². The SMILES string of the molecule is O=S=Nc1cc(C(=O)Cl)ccc1Br. The Hall–Kier alpha value is -0.520. The molecule has 0 saturated heterocycles. The minimum atomic E-state index is -0.570. The summed E-state index contributed by atoms with van der Waals surface area (Å²) in [5.74, 6) is 0. The van der Waals surface area contributed by atoms with Crippen molar-refractivity contribution in [1.29, 1.82) is 0 Å². The van der Waals surface area contributed by atoms with E-state index in [4.69, 9.17) is 11.6 Å². The van der Waals surface area contributed by atoms with Gasteiger partial charge in [-0.3, -0.25) is 4.79 Å². The highest BCUT2D eigenvalue weighted by molar-refractivity contribution is 9.10. The van der Waals surface area contributed by atoms with Crippen LogP contribution in [-0.2, 0) is 11.5 Å². The van der Waals surface area contributed by atoms with Gasteiger partial charge in [0.05, 0.1) is 5.69 Å². The Bertz CT molecular complexity index is 403. The van der Waals surface area contributed by atoms with Crippen LogP contribution in [0, 0.1) is 0 Å². The first-order valence-corrected chi connectivity index (χ1v) is 5.01. The summed E-state index contributed by atoms with van der Waals surface area (Å²) in [6, 6.07) is 4.61. The van der Waals surface area contributed by atoms with Gasteiger partial charge in [0.1, 0.15) is 0 Å². The summed E-state index contributed by atoms with van der Waals surface area (Å²) in [6.45, 7) is 0. The third kappa shape index (κ3) is 2.72. The molecule has 13 heavy (non-hydrogen) atoms. The van der Waals surface area contributed by atoms with Gasteiger partial charge in [0.25, 0.3) is 5.24 Å². The van der Waals surface area contributed by atoms with Gasteiger partial charge in [0.2, 0.25) is 11.5 Å². The van der Waals surface area contributed by atoms with Crippen molar-refractivity contribution in [3.63, 3.8) is 0 Å². The molecular weight excluding hydrogens is 278 g/mol. The maximum atomic E-state index is 10.7. The molecule has 0 aliphatic carbocycles. The molecule has 0 saturated carbocycles. The molecule has 6 heteroatoms. The number of nitrogens with zero attached hydrogens (tertiary/aromatic N) is 1. The highest BCUT2D eigenvalue weighted by atomic mass is 79.9. The lowest BCUT2D eigenvalue weighted by Crippen LogP contribution is -1.87. The van der Waals surface area contributed by atoms with Gasteiger partial charge in [0, 0.05) is 10.0 Å². The van der Waals surface area contributed by atoms with Crippen LogP contribution in [0.15, 0.2) is 27.0 Å². The van der Waals surface area contributed by atoms with Crippen LogP contribution in [0.3, 0.4) is 0 Å². The molecule has 68 valence electrons. The van der Waals surface area contributed by atoms with E-state index in [1.54, 1.807) is 12.1 Å². The van der Waals surface area contributed by atoms with Gasteiger partial charge in [-0.2, -0.15) is 8.57 Å².